The third-order valence-corrected chi connectivity index (χ3v) is 6.36. The number of benzene rings is 1. The van der Waals surface area contributed by atoms with Crippen molar-refractivity contribution in [2.24, 2.45) is 5.92 Å². The Hall–Kier alpha value is -2.04. The monoisotopic (exact) mass is 355 g/mol. The van der Waals surface area contributed by atoms with Gasteiger partial charge in [0.15, 0.2) is 0 Å². The molecule has 0 bridgehead atoms. The number of urea groups is 1. The van der Waals surface area contributed by atoms with Crippen LogP contribution in [0.4, 0.5) is 4.79 Å². The van der Waals surface area contributed by atoms with Gasteiger partial charge in [0, 0.05) is 31.1 Å². The summed E-state index contributed by atoms with van der Waals surface area (Å²) in [5.41, 5.74) is 1.18. The fourth-order valence-corrected chi connectivity index (χ4v) is 4.56. The number of amides is 3. The van der Waals surface area contributed by atoms with Crippen LogP contribution in [0.2, 0.25) is 0 Å². The van der Waals surface area contributed by atoms with Gasteiger partial charge in [-0.25, -0.2) is 4.79 Å². The van der Waals surface area contributed by atoms with Gasteiger partial charge in [-0.05, 0) is 56.4 Å². The second kappa shape index (κ2) is 7.29. The van der Waals surface area contributed by atoms with Gasteiger partial charge in [-0.2, -0.15) is 0 Å². The molecule has 4 rings (SSSR count). The highest BCUT2D eigenvalue weighted by Gasteiger charge is 2.48. The molecule has 3 amide bonds. The summed E-state index contributed by atoms with van der Waals surface area (Å²) in [6.07, 6.45) is 8.26. The molecule has 1 spiro atoms. The molecule has 2 saturated carbocycles. The smallest absolute Gasteiger partial charge is 0.315 e. The van der Waals surface area contributed by atoms with Crippen molar-refractivity contribution in [3.05, 3.63) is 35.9 Å². The van der Waals surface area contributed by atoms with E-state index in [9.17, 15) is 9.59 Å². The number of nitrogens with zero attached hydrogens (tertiary/aromatic N) is 1. The van der Waals surface area contributed by atoms with Crippen LogP contribution in [0.5, 0.6) is 0 Å². The molecule has 5 nitrogen and oxygen atoms in total. The van der Waals surface area contributed by atoms with Gasteiger partial charge in [0.2, 0.25) is 5.91 Å². The second-order valence-corrected chi connectivity index (χ2v) is 8.26. The lowest BCUT2D eigenvalue weighted by atomic mass is 9.77. The fraction of sp³-hybridized carbons (Fsp3) is 0.619. The zero-order valence-corrected chi connectivity index (χ0v) is 15.4. The van der Waals surface area contributed by atoms with Gasteiger partial charge in [0.1, 0.15) is 0 Å². The lowest BCUT2D eigenvalue weighted by molar-refractivity contribution is -0.132. The second-order valence-electron chi connectivity index (χ2n) is 8.26. The molecule has 1 aliphatic heterocycles. The summed E-state index contributed by atoms with van der Waals surface area (Å²) in [6.45, 7) is 1.52. The van der Waals surface area contributed by atoms with Gasteiger partial charge in [-0.1, -0.05) is 30.3 Å². The predicted octanol–water partition coefficient (Wildman–Crippen LogP) is 3.20. The van der Waals surface area contributed by atoms with Crippen molar-refractivity contribution >= 4 is 11.9 Å². The molecule has 3 fully saturated rings. The summed E-state index contributed by atoms with van der Waals surface area (Å²) < 4.78 is 0. The van der Waals surface area contributed by atoms with Crippen LogP contribution >= 0.6 is 0 Å². The number of likely N-dealkylation sites (tertiary alicyclic amines) is 1. The van der Waals surface area contributed by atoms with Crippen LogP contribution in [0.1, 0.15) is 56.9 Å². The number of rotatable bonds is 5. The minimum absolute atomic E-state index is 0.0817. The van der Waals surface area contributed by atoms with Crippen molar-refractivity contribution in [2.75, 3.05) is 6.54 Å². The van der Waals surface area contributed by atoms with E-state index >= 15 is 0 Å². The Balaban J connectivity index is 1.25. The molecular formula is C21H29N3O2. The molecule has 2 aliphatic carbocycles. The quantitative estimate of drug-likeness (QED) is 0.852. The van der Waals surface area contributed by atoms with Crippen LogP contribution in [-0.4, -0.2) is 35.0 Å². The van der Waals surface area contributed by atoms with Crippen molar-refractivity contribution < 1.29 is 9.59 Å². The number of nitrogens with one attached hydrogen (secondary N) is 2. The highest BCUT2D eigenvalue weighted by Crippen LogP contribution is 2.44. The van der Waals surface area contributed by atoms with Crippen LogP contribution in [-0.2, 0) is 11.3 Å². The van der Waals surface area contributed by atoms with E-state index in [0.29, 0.717) is 18.9 Å². The standard InChI is InChI=1S/C21H29N3O2/c25-19-10-13-21(24(19)15-17-6-7-17)11-8-18(9-12-21)23-20(26)22-14-16-4-2-1-3-5-16/h1-5,17-18H,6-15H2,(H2,22,23,26). The first kappa shape index (κ1) is 17.4. The highest BCUT2D eigenvalue weighted by molar-refractivity contribution is 5.80. The summed E-state index contributed by atoms with van der Waals surface area (Å²) in [7, 11) is 0. The van der Waals surface area contributed by atoms with Crippen molar-refractivity contribution in [1.82, 2.24) is 15.5 Å². The molecule has 26 heavy (non-hydrogen) atoms. The predicted molar refractivity (Wildman–Crippen MR) is 100 cm³/mol. The fourth-order valence-electron chi connectivity index (χ4n) is 4.56. The van der Waals surface area contributed by atoms with Crippen LogP contribution in [0.25, 0.3) is 0 Å². The first-order valence-corrected chi connectivity index (χ1v) is 10.0. The van der Waals surface area contributed by atoms with Crippen molar-refractivity contribution in [1.29, 1.82) is 0 Å². The molecule has 0 aromatic heterocycles. The van der Waals surface area contributed by atoms with Gasteiger partial charge < -0.3 is 15.5 Å². The lowest BCUT2D eigenvalue weighted by Crippen LogP contribution is -2.52. The lowest BCUT2D eigenvalue weighted by Gasteiger charge is -2.44. The molecular weight excluding hydrogens is 326 g/mol. The van der Waals surface area contributed by atoms with Gasteiger partial charge >= 0.3 is 6.03 Å². The summed E-state index contributed by atoms with van der Waals surface area (Å²) in [6, 6.07) is 10.1. The van der Waals surface area contributed by atoms with E-state index in [1.807, 2.05) is 30.3 Å². The Morgan fingerprint density at radius 1 is 1.08 bits per heavy atom. The number of carbonyl (C=O) groups is 2. The maximum absolute atomic E-state index is 12.3. The summed E-state index contributed by atoms with van der Waals surface area (Å²) >= 11 is 0. The minimum Gasteiger partial charge on any atom is -0.337 e. The van der Waals surface area contributed by atoms with E-state index in [-0.39, 0.29) is 17.6 Å². The first-order chi connectivity index (χ1) is 12.6. The van der Waals surface area contributed by atoms with Crippen LogP contribution in [0.3, 0.4) is 0 Å². The molecule has 0 atom stereocenters. The summed E-state index contributed by atoms with van der Waals surface area (Å²) in [5.74, 6) is 1.09. The highest BCUT2D eigenvalue weighted by atomic mass is 16.2. The third kappa shape index (κ3) is 3.87. The molecule has 1 aromatic rings. The Morgan fingerprint density at radius 2 is 1.81 bits per heavy atom. The van der Waals surface area contributed by atoms with E-state index in [2.05, 4.69) is 15.5 Å². The average Bonchev–Trinajstić information content (AvgIpc) is 3.44. The van der Waals surface area contributed by atoms with E-state index in [0.717, 1.165) is 50.1 Å². The van der Waals surface area contributed by atoms with E-state index in [1.165, 1.54) is 12.8 Å². The first-order valence-electron chi connectivity index (χ1n) is 10.0. The SMILES string of the molecule is O=C(NCc1ccccc1)NC1CCC2(CCC(=O)N2CC2CC2)CC1. The van der Waals surface area contributed by atoms with E-state index < -0.39 is 0 Å². The maximum Gasteiger partial charge on any atom is 0.315 e. The third-order valence-electron chi connectivity index (χ3n) is 6.36. The van der Waals surface area contributed by atoms with Crippen LogP contribution in [0.15, 0.2) is 30.3 Å². The zero-order valence-electron chi connectivity index (χ0n) is 15.4. The molecule has 3 aliphatic rings. The maximum atomic E-state index is 12.3. The van der Waals surface area contributed by atoms with E-state index in [1.54, 1.807) is 0 Å². The molecule has 1 aromatic carbocycles. The Labute approximate surface area is 155 Å². The molecule has 0 unspecified atom stereocenters. The van der Waals surface area contributed by atoms with Crippen molar-refractivity contribution in [3.8, 4) is 0 Å². The Kier molecular flexibility index (Phi) is 4.88. The normalized spacial score (nSPS) is 28.4. The largest absolute Gasteiger partial charge is 0.337 e. The Morgan fingerprint density at radius 3 is 2.50 bits per heavy atom. The molecule has 5 heteroatoms. The molecule has 140 valence electrons. The molecule has 2 N–H and O–H groups in total. The topological polar surface area (TPSA) is 61.4 Å². The zero-order chi connectivity index (χ0) is 18.0. The average molecular weight is 355 g/mol. The van der Waals surface area contributed by atoms with Gasteiger partial charge in [-0.15, -0.1) is 0 Å². The molecule has 0 radical (unpaired) electrons. The number of hydrogen-bond donors (Lipinski definition) is 2. The summed E-state index contributed by atoms with van der Waals surface area (Å²) in [5, 5.41) is 6.06. The molecule has 1 saturated heterocycles. The molecule has 1 heterocycles. The summed E-state index contributed by atoms with van der Waals surface area (Å²) in [4.78, 5) is 26.7. The van der Waals surface area contributed by atoms with Gasteiger partial charge in [0.05, 0.1) is 0 Å². The van der Waals surface area contributed by atoms with Crippen molar-refractivity contribution in [3.63, 3.8) is 0 Å². The van der Waals surface area contributed by atoms with Crippen molar-refractivity contribution in [2.45, 2.75) is 69.5 Å². The van der Waals surface area contributed by atoms with E-state index in [4.69, 9.17) is 0 Å². The number of carbonyl (C=O) groups excluding carboxylic acids is 2. The van der Waals surface area contributed by atoms with Gasteiger partial charge in [0.25, 0.3) is 0 Å². The minimum atomic E-state index is -0.0906. The Bertz CT molecular complexity index is 648. The van der Waals surface area contributed by atoms with Crippen LogP contribution < -0.4 is 10.6 Å². The van der Waals surface area contributed by atoms with Gasteiger partial charge in [-0.3, -0.25) is 4.79 Å². The van der Waals surface area contributed by atoms with Crippen LogP contribution in [0, 0.1) is 5.92 Å². The number of hydrogen-bond acceptors (Lipinski definition) is 2.